The minimum absolute atomic E-state index is 0.0673. The van der Waals surface area contributed by atoms with Gasteiger partial charge >= 0.3 is 0 Å². The van der Waals surface area contributed by atoms with Crippen molar-refractivity contribution in [3.63, 3.8) is 0 Å². The largest absolute Gasteiger partial charge is 0.349 e. The lowest BCUT2D eigenvalue weighted by molar-refractivity contribution is 0.0766. The Kier molecular flexibility index (Phi) is 6.99. The van der Waals surface area contributed by atoms with Gasteiger partial charge in [-0.15, -0.1) is 0 Å². The van der Waals surface area contributed by atoms with E-state index >= 15 is 0 Å². The van der Waals surface area contributed by atoms with Crippen LogP contribution in [0.4, 0.5) is 0 Å². The molecule has 1 aromatic heterocycles. The van der Waals surface area contributed by atoms with Crippen LogP contribution in [-0.4, -0.2) is 71.4 Å². The van der Waals surface area contributed by atoms with E-state index in [1.54, 1.807) is 4.90 Å². The number of amides is 2. The Morgan fingerprint density at radius 1 is 1.20 bits per heavy atom. The maximum absolute atomic E-state index is 12.8. The average Bonchev–Trinajstić information content (AvgIpc) is 2.99. The zero-order chi connectivity index (χ0) is 18.4. The van der Waals surface area contributed by atoms with Crippen LogP contribution >= 0.6 is 0 Å². The summed E-state index contributed by atoms with van der Waals surface area (Å²) >= 11 is 0. The summed E-state index contributed by atoms with van der Waals surface area (Å²) in [5.74, 6) is 0.137. The Morgan fingerprint density at radius 3 is 2.56 bits per heavy atom. The average molecular weight is 349 g/mol. The quantitative estimate of drug-likeness (QED) is 0.720. The monoisotopic (exact) mass is 349 g/mol. The van der Waals surface area contributed by atoms with E-state index in [0.29, 0.717) is 31.2 Å². The van der Waals surface area contributed by atoms with Crippen molar-refractivity contribution >= 4 is 11.8 Å². The van der Waals surface area contributed by atoms with Crippen LogP contribution in [0.2, 0.25) is 0 Å². The van der Waals surface area contributed by atoms with Crippen LogP contribution in [0.5, 0.6) is 0 Å². The maximum atomic E-state index is 12.8. The lowest BCUT2D eigenvalue weighted by atomic mass is 10.1. The van der Waals surface area contributed by atoms with Crippen molar-refractivity contribution in [2.75, 3.05) is 40.3 Å². The smallest absolute Gasteiger partial charge is 0.287 e. The topological polar surface area (TPSA) is 70.5 Å². The molecule has 0 unspecified atom stereocenters. The third-order valence-electron chi connectivity index (χ3n) is 4.64. The van der Waals surface area contributed by atoms with Gasteiger partial charge in [0.2, 0.25) is 0 Å². The van der Waals surface area contributed by atoms with Crippen molar-refractivity contribution in [2.24, 2.45) is 0 Å². The van der Waals surface area contributed by atoms with Gasteiger partial charge in [-0.2, -0.15) is 0 Å². The molecule has 1 aliphatic rings. The molecule has 0 atom stereocenters. The Bertz CT molecular complexity index is 605. The first kappa shape index (κ1) is 19.4. The van der Waals surface area contributed by atoms with E-state index in [1.807, 2.05) is 32.5 Å². The number of hydrogen-bond donors (Lipinski definition) is 1. The molecule has 2 rings (SSSR count). The van der Waals surface area contributed by atoms with E-state index in [0.717, 1.165) is 44.5 Å². The van der Waals surface area contributed by atoms with Crippen LogP contribution in [0.25, 0.3) is 0 Å². The molecule has 0 saturated heterocycles. The van der Waals surface area contributed by atoms with Gasteiger partial charge in [0, 0.05) is 26.2 Å². The van der Waals surface area contributed by atoms with E-state index in [4.69, 9.17) is 0 Å². The van der Waals surface area contributed by atoms with Gasteiger partial charge in [0.15, 0.2) is 5.82 Å². The van der Waals surface area contributed by atoms with Gasteiger partial charge in [0.05, 0.1) is 5.69 Å². The van der Waals surface area contributed by atoms with Crippen LogP contribution < -0.4 is 5.32 Å². The highest BCUT2D eigenvalue weighted by Crippen LogP contribution is 2.22. The highest BCUT2D eigenvalue weighted by molar-refractivity contribution is 5.97. The first-order valence-electron chi connectivity index (χ1n) is 9.31. The molecule has 25 heavy (non-hydrogen) atoms. The fraction of sp³-hybridized carbons (Fsp3) is 0.722. The second kappa shape index (κ2) is 8.99. The highest BCUT2D eigenvalue weighted by Gasteiger charge is 2.28. The van der Waals surface area contributed by atoms with Gasteiger partial charge in [-0.05, 0) is 60.2 Å². The number of nitrogens with zero attached hydrogens (tertiary/aromatic N) is 4. The molecule has 7 heteroatoms. The second-order valence-corrected chi connectivity index (χ2v) is 6.73. The first-order valence-corrected chi connectivity index (χ1v) is 9.31. The van der Waals surface area contributed by atoms with Gasteiger partial charge in [0.1, 0.15) is 5.69 Å². The summed E-state index contributed by atoms with van der Waals surface area (Å²) in [7, 11) is 4.02. The van der Waals surface area contributed by atoms with Crippen molar-refractivity contribution in [1.82, 2.24) is 24.7 Å². The molecular formula is C18H31N5O2. The number of aromatic nitrogens is 2. The van der Waals surface area contributed by atoms with Crippen LogP contribution in [0.1, 0.15) is 59.9 Å². The number of hydrogen-bond acceptors (Lipinski definition) is 4. The Hall–Kier alpha value is -1.89. The van der Waals surface area contributed by atoms with Crippen LogP contribution in [0.3, 0.4) is 0 Å². The van der Waals surface area contributed by atoms with Crippen LogP contribution in [0.15, 0.2) is 0 Å². The molecule has 0 fully saturated rings. The SMILES string of the molecule is CCN(CC)C(=O)c1nc(C(=O)NCCCN(C)C)n2c1CCCC2. The number of carbonyl (C=O) groups excluding carboxylic acids is 2. The molecule has 2 heterocycles. The summed E-state index contributed by atoms with van der Waals surface area (Å²) in [6.45, 7) is 7.50. The predicted octanol–water partition coefficient (Wildman–Crippen LogP) is 1.38. The molecule has 2 amide bonds. The zero-order valence-electron chi connectivity index (χ0n) is 16.0. The first-order chi connectivity index (χ1) is 12.0. The van der Waals surface area contributed by atoms with Gasteiger partial charge < -0.3 is 19.7 Å². The number of carbonyl (C=O) groups is 2. The van der Waals surface area contributed by atoms with E-state index in [2.05, 4.69) is 15.2 Å². The number of nitrogens with one attached hydrogen (secondary N) is 1. The zero-order valence-corrected chi connectivity index (χ0v) is 16.0. The van der Waals surface area contributed by atoms with Gasteiger partial charge in [-0.25, -0.2) is 4.98 Å². The predicted molar refractivity (Wildman–Crippen MR) is 97.9 cm³/mol. The third kappa shape index (κ3) is 4.60. The van der Waals surface area contributed by atoms with E-state index in [1.165, 1.54) is 0 Å². The van der Waals surface area contributed by atoms with Gasteiger partial charge in [-0.1, -0.05) is 0 Å². The highest BCUT2D eigenvalue weighted by atomic mass is 16.2. The molecule has 1 N–H and O–H groups in total. The Labute approximate surface area is 150 Å². The summed E-state index contributed by atoms with van der Waals surface area (Å²) in [5, 5.41) is 2.94. The van der Waals surface area contributed by atoms with Crippen molar-refractivity contribution in [3.8, 4) is 0 Å². The van der Waals surface area contributed by atoms with E-state index < -0.39 is 0 Å². The molecule has 0 saturated carbocycles. The van der Waals surface area contributed by atoms with Gasteiger partial charge in [0.25, 0.3) is 11.8 Å². The van der Waals surface area contributed by atoms with Crippen LogP contribution in [0, 0.1) is 0 Å². The normalized spacial score (nSPS) is 13.6. The number of imidazole rings is 1. The van der Waals surface area contributed by atoms with Crippen molar-refractivity contribution in [2.45, 2.75) is 46.1 Å². The molecule has 1 aliphatic heterocycles. The fourth-order valence-electron chi connectivity index (χ4n) is 3.22. The van der Waals surface area contributed by atoms with E-state index in [-0.39, 0.29) is 11.8 Å². The minimum atomic E-state index is -0.180. The summed E-state index contributed by atoms with van der Waals surface area (Å²) < 4.78 is 1.95. The number of fused-ring (bicyclic) bond motifs is 1. The summed E-state index contributed by atoms with van der Waals surface area (Å²) in [4.78, 5) is 33.7. The summed E-state index contributed by atoms with van der Waals surface area (Å²) in [6, 6.07) is 0. The van der Waals surface area contributed by atoms with Crippen LogP contribution in [-0.2, 0) is 13.0 Å². The summed E-state index contributed by atoms with van der Waals surface area (Å²) in [5.41, 5.74) is 1.38. The molecule has 0 radical (unpaired) electrons. The molecule has 0 aliphatic carbocycles. The van der Waals surface area contributed by atoms with E-state index in [9.17, 15) is 9.59 Å². The second-order valence-electron chi connectivity index (χ2n) is 6.73. The maximum Gasteiger partial charge on any atom is 0.287 e. The molecule has 0 aromatic carbocycles. The van der Waals surface area contributed by atoms with Crippen molar-refractivity contribution < 1.29 is 9.59 Å². The molecule has 0 bridgehead atoms. The molecule has 140 valence electrons. The Morgan fingerprint density at radius 2 is 1.92 bits per heavy atom. The van der Waals surface area contributed by atoms with Crippen molar-refractivity contribution in [1.29, 1.82) is 0 Å². The molecule has 0 spiro atoms. The Balaban J connectivity index is 2.18. The molecule has 7 nitrogen and oxygen atoms in total. The lowest BCUT2D eigenvalue weighted by Gasteiger charge is -2.20. The number of rotatable bonds is 8. The third-order valence-corrected chi connectivity index (χ3v) is 4.64. The summed E-state index contributed by atoms with van der Waals surface area (Å²) in [6.07, 6.45) is 3.75. The molecular weight excluding hydrogens is 318 g/mol. The minimum Gasteiger partial charge on any atom is -0.349 e. The lowest BCUT2D eigenvalue weighted by Crippen LogP contribution is -2.31. The fourth-order valence-corrected chi connectivity index (χ4v) is 3.22. The molecule has 1 aromatic rings. The standard InChI is InChI=1S/C18H31N5O2/c1-5-22(6-2)18(25)15-14-10-7-8-13-23(14)16(20-15)17(24)19-11-9-12-21(3)4/h5-13H2,1-4H3,(H,19,24). The van der Waals surface area contributed by atoms with Crippen molar-refractivity contribution in [3.05, 3.63) is 17.2 Å². The van der Waals surface area contributed by atoms with Gasteiger partial charge in [-0.3, -0.25) is 9.59 Å².